The van der Waals surface area contributed by atoms with Crippen molar-refractivity contribution in [2.45, 2.75) is 63.4 Å². The first-order valence-corrected chi connectivity index (χ1v) is 16.0. The van der Waals surface area contributed by atoms with Crippen LogP contribution in [0.15, 0.2) is 35.5 Å². The van der Waals surface area contributed by atoms with Crippen LogP contribution in [0.1, 0.15) is 61.8 Å². The summed E-state index contributed by atoms with van der Waals surface area (Å²) in [5.74, 6) is 3.93. The summed E-state index contributed by atoms with van der Waals surface area (Å²) in [5, 5.41) is 4.43. The Labute approximate surface area is 240 Å². The van der Waals surface area contributed by atoms with E-state index < -0.39 is 0 Å². The van der Waals surface area contributed by atoms with Gasteiger partial charge in [-0.1, -0.05) is 36.9 Å². The highest BCUT2D eigenvalue weighted by Crippen LogP contribution is 2.50. The molecule has 0 N–H and O–H groups in total. The molecular weight excluding hydrogens is 516 g/mol. The van der Waals surface area contributed by atoms with Gasteiger partial charge in [-0.15, -0.1) is 0 Å². The number of methoxy groups -OCH3 is 1. The highest BCUT2D eigenvalue weighted by atomic mass is 32.2. The van der Waals surface area contributed by atoms with Gasteiger partial charge in [-0.25, -0.2) is 9.97 Å². The van der Waals surface area contributed by atoms with Gasteiger partial charge < -0.3 is 14.4 Å². The SMILES string of the molecule is CCc1cccc2cc(OCOC)cc(-c3nc(C)c4c(N5CC6CCC(C6)C5)nc(SC)nc4c3C3CC3)c12. The van der Waals surface area contributed by atoms with Gasteiger partial charge in [0, 0.05) is 31.3 Å². The summed E-state index contributed by atoms with van der Waals surface area (Å²) in [6, 6.07) is 10.8. The smallest absolute Gasteiger partial charge is 0.189 e. The summed E-state index contributed by atoms with van der Waals surface area (Å²) < 4.78 is 11.3. The van der Waals surface area contributed by atoms with E-state index in [1.807, 2.05) is 0 Å². The predicted octanol–water partition coefficient (Wildman–Crippen LogP) is 7.53. The maximum atomic E-state index is 6.01. The number of fused-ring (bicyclic) bond motifs is 4. The summed E-state index contributed by atoms with van der Waals surface area (Å²) in [6.45, 7) is 6.79. The third kappa shape index (κ3) is 4.51. The Balaban J connectivity index is 1.50. The molecule has 2 aromatic heterocycles. The number of piperidine rings is 1. The molecular formula is C33H38N4O2S. The number of hydrogen-bond donors (Lipinski definition) is 0. The van der Waals surface area contributed by atoms with E-state index in [1.165, 1.54) is 54.0 Å². The number of pyridine rings is 1. The molecule has 2 saturated carbocycles. The number of aryl methyl sites for hydroxylation is 2. The van der Waals surface area contributed by atoms with Crippen LogP contribution in [0.3, 0.4) is 0 Å². The van der Waals surface area contributed by atoms with Crippen LogP contribution in [0.4, 0.5) is 5.82 Å². The summed E-state index contributed by atoms with van der Waals surface area (Å²) in [4.78, 5) is 18.4. The number of thioether (sulfide) groups is 1. The first-order chi connectivity index (χ1) is 19.6. The maximum absolute atomic E-state index is 6.01. The van der Waals surface area contributed by atoms with E-state index in [0.717, 1.165) is 75.9 Å². The molecule has 2 aliphatic carbocycles. The molecule has 0 radical (unpaired) electrons. The van der Waals surface area contributed by atoms with Gasteiger partial charge in [0.2, 0.25) is 0 Å². The van der Waals surface area contributed by atoms with Crippen molar-refractivity contribution in [1.82, 2.24) is 15.0 Å². The molecule has 0 spiro atoms. The second kappa shape index (κ2) is 10.5. The molecule has 3 heterocycles. The van der Waals surface area contributed by atoms with Gasteiger partial charge in [0.1, 0.15) is 11.6 Å². The number of rotatable bonds is 8. The molecule has 40 heavy (non-hydrogen) atoms. The largest absolute Gasteiger partial charge is 0.468 e. The second-order valence-corrected chi connectivity index (χ2v) is 12.6. The summed E-state index contributed by atoms with van der Waals surface area (Å²) in [5.41, 5.74) is 6.91. The lowest BCUT2D eigenvalue weighted by Crippen LogP contribution is -2.37. The van der Waals surface area contributed by atoms with Crippen molar-refractivity contribution < 1.29 is 9.47 Å². The van der Waals surface area contributed by atoms with Crippen molar-refractivity contribution in [3.05, 3.63) is 47.2 Å². The monoisotopic (exact) mass is 554 g/mol. The number of benzene rings is 2. The molecule has 7 heteroatoms. The van der Waals surface area contributed by atoms with Crippen LogP contribution < -0.4 is 9.64 Å². The number of aromatic nitrogens is 3. The van der Waals surface area contributed by atoms with Crippen molar-refractivity contribution >= 4 is 39.3 Å². The fourth-order valence-corrected chi connectivity index (χ4v) is 7.55. The summed E-state index contributed by atoms with van der Waals surface area (Å²) >= 11 is 1.64. The number of anilines is 1. The zero-order valence-electron chi connectivity index (χ0n) is 24.0. The molecule has 3 aliphatic rings. The average molecular weight is 555 g/mol. The van der Waals surface area contributed by atoms with Crippen LogP contribution in [-0.2, 0) is 11.2 Å². The molecule has 1 aliphatic heterocycles. The number of ether oxygens (including phenoxy) is 2. The van der Waals surface area contributed by atoms with E-state index in [1.54, 1.807) is 18.9 Å². The number of hydrogen-bond acceptors (Lipinski definition) is 7. The van der Waals surface area contributed by atoms with Crippen LogP contribution >= 0.6 is 11.8 Å². The highest BCUT2D eigenvalue weighted by molar-refractivity contribution is 7.98. The lowest BCUT2D eigenvalue weighted by atomic mass is 9.91. The minimum atomic E-state index is 0.212. The van der Waals surface area contributed by atoms with Crippen molar-refractivity contribution in [2.24, 2.45) is 11.8 Å². The van der Waals surface area contributed by atoms with Gasteiger partial charge in [-0.3, -0.25) is 4.98 Å². The van der Waals surface area contributed by atoms with Crippen molar-refractivity contribution in [3.8, 4) is 17.0 Å². The van der Waals surface area contributed by atoms with Gasteiger partial charge in [0.05, 0.1) is 22.3 Å². The average Bonchev–Trinajstić information content (AvgIpc) is 3.76. The zero-order valence-corrected chi connectivity index (χ0v) is 24.8. The molecule has 2 aromatic carbocycles. The lowest BCUT2D eigenvalue weighted by Gasteiger charge is -2.34. The molecule has 7 rings (SSSR count). The topological polar surface area (TPSA) is 60.4 Å². The molecule has 0 amide bonds. The molecule has 1 saturated heterocycles. The molecule has 208 valence electrons. The maximum Gasteiger partial charge on any atom is 0.189 e. The van der Waals surface area contributed by atoms with E-state index >= 15 is 0 Å². The Hall–Kier alpha value is -2.90. The molecule has 2 atom stereocenters. The van der Waals surface area contributed by atoms with E-state index in [9.17, 15) is 0 Å². The summed E-state index contributed by atoms with van der Waals surface area (Å²) in [7, 11) is 1.66. The van der Waals surface area contributed by atoms with Crippen LogP contribution in [-0.4, -0.2) is 48.2 Å². The Morgan fingerprint density at radius 1 is 1.00 bits per heavy atom. The molecule has 3 fully saturated rings. The van der Waals surface area contributed by atoms with E-state index in [0.29, 0.717) is 5.92 Å². The normalized spacial score (nSPS) is 20.6. The van der Waals surface area contributed by atoms with Crippen LogP contribution in [0.25, 0.3) is 32.9 Å². The quantitative estimate of drug-likeness (QED) is 0.127. The van der Waals surface area contributed by atoms with Crippen LogP contribution in [0.2, 0.25) is 0 Å². The van der Waals surface area contributed by atoms with Crippen molar-refractivity contribution in [2.75, 3.05) is 38.1 Å². The standard InChI is InChI=1S/C33H38N4O2S/c1-5-22-7-6-8-24-14-25(39-18-38-3)15-26(28(22)24)30-29(23-11-12-23)31-27(19(2)34-30)32(36-33(35-31)40-4)37-16-20-9-10-21(13-20)17-37/h6-8,14-15,20-21,23H,5,9-13,16-18H2,1-4H3. The van der Waals surface area contributed by atoms with Crippen molar-refractivity contribution in [3.63, 3.8) is 0 Å². The highest BCUT2D eigenvalue weighted by Gasteiger charge is 2.37. The van der Waals surface area contributed by atoms with E-state index in [4.69, 9.17) is 24.4 Å². The Morgan fingerprint density at radius 3 is 2.50 bits per heavy atom. The Bertz CT molecular complexity index is 1590. The van der Waals surface area contributed by atoms with Gasteiger partial charge in [0.25, 0.3) is 0 Å². The van der Waals surface area contributed by atoms with E-state index in [2.05, 4.69) is 55.3 Å². The third-order valence-corrected chi connectivity index (χ3v) is 9.66. The predicted molar refractivity (Wildman–Crippen MR) is 164 cm³/mol. The van der Waals surface area contributed by atoms with Crippen LogP contribution in [0, 0.1) is 18.8 Å². The minimum absolute atomic E-state index is 0.212. The molecule has 2 unspecified atom stereocenters. The fourth-order valence-electron chi connectivity index (χ4n) is 7.19. The van der Waals surface area contributed by atoms with E-state index in [-0.39, 0.29) is 6.79 Å². The van der Waals surface area contributed by atoms with Gasteiger partial charge in [0.15, 0.2) is 11.9 Å². The lowest BCUT2D eigenvalue weighted by molar-refractivity contribution is 0.0512. The van der Waals surface area contributed by atoms with Crippen LogP contribution in [0.5, 0.6) is 5.75 Å². The minimum Gasteiger partial charge on any atom is -0.468 e. The molecule has 4 aromatic rings. The van der Waals surface area contributed by atoms with Crippen molar-refractivity contribution in [1.29, 1.82) is 0 Å². The van der Waals surface area contributed by atoms with Gasteiger partial charge >= 0.3 is 0 Å². The second-order valence-electron chi connectivity index (χ2n) is 11.8. The zero-order chi connectivity index (χ0) is 27.4. The Kier molecular flexibility index (Phi) is 6.83. The molecule has 6 nitrogen and oxygen atoms in total. The first-order valence-electron chi connectivity index (χ1n) is 14.8. The number of nitrogens with zero attached hydrogens (tertiary/aromatic N) is 4. The Morgan fingerprint density at radius 2 is 1.80 bits per heavy atom. The van der Waals surface area contributed by atoms with Gasteiger partial charge in [-0.2, -0.15) is 0 Å². The van der Waals surface area contributed by atoms with Gasteiger partial charge in [-0.05, 0) is 97.9 Å². The first kappa shape index (κ1) is 26.0. The third-order valence-electron chi connectivity index (χ3n) is 9.11. The molecule has 2 bridgehead atoms. The fraction of sp³-hybridized carbons (Fsp3) is 0.485. The summed E-state index contributed by atoms with van der Waals surface area (Å²) in [6.07, 6.45) is 9.46.